The number of nitrogens with zero attached hydrogens (tertiary/aromatic N) is 3. The SMILES string of the molecule is Cc1ccc(-n2nnc(C(=O)NN)c2C)cc1. The maximum atomic E-state index is 11.4. The Morgan fingerprint density at radius 3 is 2.53 bits per heavy atom. The van der Waals surface area contributed by atoms with Crippen LogP contribution >= 0.6 is 0 Å². The summed E-state index contributed by atoms with van der Waals surface area (Å²) in [6.07, 6.45) is 0. The number of aromatic nitrogens is 3. The molecule has 88 valence electrons. The van der Waals surface area contributed by atoms with Gasteiger partial charge >= 0.3 is 0 Å². The van der Waals surface area contributed by atoms with Crippen molar-refractivity contribution in [3.8, 4) is 5.69 Å². The first-order chi connectivity index (χ1) is 8.13. The zero-order chi connectivity index (χ0) is 12.4. The van der Waals surface area contributed by atoms with Gasteiger partial charge < -0.3 is 0 Å². The fourth-order valence-corrected chi connectivity index (χ4v) is 1.54. The molecule has 6 nitrogen and oxygen atoms in total. The van der Waals surface area contributed by atoms with Gasteiger partial charge in [-0.05, 0) is 26.0 Å². The number of hydrazine groups is 1. The molecule has 1 aromatic heterocycles. The number of rotatable bonds is 2. The van der Waals surface area contributed by atoms with Gasteiger partial charge in [-0.3, -0.25) is 10.2 Å². The Morgan fingerprint density at radius 1 is 1.29 bits per heavy atom. The second kappa shape index (κ2) is 4.34. The minimum absolute atomic E-state index is 0.230. The Balaban J connectivity index is 2.44. The van der Waals surface area contributed by atoms with Crippen LogP contribution in [0.1, 0.15) is 21.7 Å². The molecule has 0 bridgehead atoms. The minimum Gasteiger partial charge on any atom is -0.289 e. The summed E-state index contributed by atoms with van der Waals surface area (Å²) in [5.41, 5.74) is 4.94. The van der Waals surface area contributed by atoms with Crippen molar-refractivity contribution in [1.29, 1.82) is 0 Å². The average molecular weight is 231 g/mol. The third-order valence-corrected chi connectivity index (χ3v) is 2.52. The van der Waals surface area contributed by atoms with E-state index < -0.39 is 5.91 Å². The number of aryl methyl sites for hydroxylation is 1. The molecule has 0 aliphatic carbocycles. The molecule has 0 aliphatic heterocycles. The second-order valence-corrected chi connectivity index (χ2v) is 3.74. The lowest BCUT2D eigenvalue weighted by atomic mass is 10.2. The number of nitrogen functional groups attached to an aromatic ring is 1. The maximum absolute atomic E-state index is 11.4. The number of hydrogen-bond acceptors (Lipinski definition) is 4. The predicted octanol–water partition coefficient (Wildman–Crippen LogP) is 0.488. The van der Waals surface area contributed by atoms with E-state index in [1.807, 2.05) is 36.6 Å². The largest absolute Gasteiger partial charge is 0.289 e. The van der Waals surface area contributed by atoms with Crippen molar-refractivity contribution in [2.24, 2.45) is 5.84 Å². The highest BCUT2D eigenvalue weighted by Gasteiger charge is 2.15. The molecule has 0 saturated carbocycles. The first-order valence-corrected chi connectivity index (χ1v) is 5.13. The quantitative estimate of drug-likeness (QED) is 0.447. The Morgan fingerprint density at radius 2 is 1.94 bits per heavy atom. The van der Waals surface area contributed by atoms with Crippen molar-refractivity contribution in [2.75, 3.05) is 0 Å². The number of nitrogens with two attached hydrogens (primary N) is 1. The molecule has 0 atom stereocenters. The summed E-state index contributed by atoms with van der Waals surface area (Å²) in [6.45, 7) is 3.77. The van der Waals surface area contributed by atoms with Gasteiger partial charge in [-0.25, -0.2) is 10.5 Å². The van der Waals surface area contributed by atoms with Crippen LogP contribution in [0, 0.1) is 13.8 Å². The van der Waals surface area contributed by atoms with E-state index in [1.165, 1.54) is 0 Å². The predicted molar refractivity (Wildman–Crippen MR) is 62.5 cm³/mol. The molecule has 1 amide bonds. The Hall–Kier alpha value is -2.21. The number of amides is 1. The smallest absolute Gasteiger partial charge is 0.287 e. The molecule has 0 aliphatic rings. The maximum Gasteiger partial charge on any atom is 0.287 e. The molecule has 1 aromatic carbocycles. The lowest BCUT2D eigenvalue weighted by molar-refractivity contribution is 0.0948. The van der Waals surface area contributed by atoms with Crippen molar-refractivity contribution in [3.05, 3.63) is 41.2 Å². The van der Waals surface area contributed by atoms with Crippen LogP contribution in [0.2, 0.25) is 0 Å². The molecule has 0 unspecified atom stereocenters. The number of carbonyl (C=O) groups excluding carboxylic acids is 1. The number of nitrogens with one attached hydrogen (secondary N) is 1. The Labute approximate surface area is 98.4 Å². The number of carbonyl (C=O) groups is 1. The Bertz CT molecular complexity index is 543. The lowest BCUT2D eigenvalue weighted by Crippen LogP contribution is -2.30. The Kier molecular flexibility index (Phi) is 2.88. The average Bonchev–Trinajstić information content (AvgIpc) is 2.71. The fourth-order valence-electron chi connectivity index (χ4n) is 1.54. The third-order valence-electron chi connectivity index (χ3n) is 2.52. The molecule has 2 rings (SSSR count). The van der Waals surface area contributed by atoms with Gasteiger partial charge in [0, 0.05) is 0 Å². The molecular weight excluding hydrogens is 218 g/mol. The molecule has 3 N–H and O–H groups in total. The van der Waals surface area contributed by atoms with Crippen LogP contribution < -0.4 is 11.3 Å². The van der Waals surface area contributed by atoms with Crippen LogP contribution in [0.5, 0.6) is 0 Å². The van der Waals surface area contributed by atoms with Crippen LogP contribution in [-0.4, -0.2) is 20.9 Å². The van der Waals surface area contributed by atoms with E-state index in [-0.39, 0.29) is 5.69 Å². The van der Waals surface area contributed by atoms with Crippen molar-refractivity contribution in [3.63, 3.8) is 0 Å². The van der Waals surface area contributed by atoms with Crippen molar-refractivity contribution in [1.82, 2.24) is 20.4 Å². The topological polar surface area (TPSA) is 85.8 Å². The lowest BCUT2D eigenvalue weighted by Gasteiger charge is -2.03. The van der Waals surface area contributed by atoms with Gasteiger partial charge in [0.1, 0.15) is 0 Å². The van der Waals surface area contributed by atoms with Gasteiger partial charge in [0.25, 0.3) is 5.91 Å². The third kappa shape index (κ3) is 2.02. The molecule has 6 heteroatoms. The molecule has 0 saturated heterocycles. The van der Waals surface area contributed by atoms with Crippen molar-refractivity contribution >= 4 is 5.91 Å². The van der Waals surface area contributed by atoms with Gasteiger partial charge in [0.2, 0.25) is 0 Å². The molecular formula is C11H13N5O. The normalized spacial score (nSPS) is 10.3. The van der Waals surface area contributed by atoms with Crippen LogP contribution in [-0.2, 0) is 0 Å². The summed E-state index contributed by atoms with van der Waals surface area (Å²) in [5, 5.41) is 7.74. The number of hydrogen-bond donors (Lipinski definition) is 2. The summed E-state index contributed by atoms with van der Waals surface area (Å²) in [5.74, 6) is 4.62. The van der Waals surface area contributed by atoms with Crippen molar-refractivity contribution < 1.29 is 4.79 Å². The van der Waals surface area contributed by atoms with Crippen LogP contribution in [0.25, 0.3) is 5.69 Å². The molecule has 17 heavy (non-hydrogen) atoms. The highest BCUT2D eigenvalue weighted by atomic mass is 16.2. The van der Waals surface area contributed by atoms with Crippen molar-refractivity contribution in [2.45, 2.75) is 13.8 Å². The van der Waals surface area contributed by atoms with Gasteiger partial charge in [0.05, 0.1) is 11.4 Å². The molecule has 0 spiro atoms. The van der Waals surface area contributed by atoms with Crippen LogP contribution in [0.3, 0.4) is 0 Å². The van der Waals surface area contributed by atoms with Gasteiger partial charge in [0.15, 0.2) is 5.69 Å². The summed E-state index contributed by atoms with van der Waals surface area (Å²) in [7, 11) is 0. The standard InChI is InChI=1S/C11H13N5O/c1-7-3-5-9(6-4-7)16-8(2)10(14-15-16)11(17)13-12/h3-6H,12H2,1-2H3,(H,13,17). The zero-order valence-corrected chi connectivity index (χ0v) is 9.64. The van der Waals surface area contributed by atoms with E-state index in [4.69, 9.17) is 5.84 Å². The van der Waals surface area contributed by atoms with Crippen LogP contribution in [0.4, 0.5) is 0 Å². The van der Waals surface area contributed by atoms with Gasteiger partial charge in [-0.15, -0.1) is 5.10 Å². The molecule has 1 heterocycles. The zero-order valence-electron chi connectivity index (χ0n) is 9.64. The molecule has 2 aromatic rings. The van der Waals surface area contributed by atoms with Crippen LogP contribution in [0.15, 0.2) is 24.3 Å². The minimum atomic E-state index is -0.444. The van der Waals surface area contributed by atoms with E-state index in [1.54, 1.807) is 11.6 Å². The monoisotopic (exact) mass is 231 g/mol. The highest BCUT2D eigenvalue weighted by molar-refractivity contribution is 5.92. The first-order valence-electron chi connectivity index (χ1n) is 5.13. The van der Waals surface area contributed by atoms with Gasteiger partial charge in [-0.1, -0.05) is 22.9 Å². The molecule has 0 radical (unpaired) electrons. The van der Waals surface area contributed by atoms with Gasteiger partial charge in [-0.2, -0.15) is 0 Å². The van der Waals surface area contributed by atoms with E-state index in [0.29, 0.717) is 5.69 Å². The summed E-state index contributed by atoms with van der Waals surface area (Å²) < 4.78 is 1.60. The highest BCUT2D eigenvalue weighted by Crippen LogP contribution is 2.12. The van der Waals surface area contributed by atoms with E-state index in [0.717, 1.165) is 11.3 Å². The van der Waals surface area contributed by atoms with E-state index in [9.17, 15) is 4.79 Å². The van der Waals surface area contributed by atoms with E-state index in [2.05, 4.69) is 10.3 Å². The molecule has 0 fully saturated rings. The van der Waals surface area contributed by atoms with E-state index >= 15 is 0 Å². The second-order valence-electron chi connectivity index (χ2n) is 3.74. The summed E-state index contributed by atoms with van der Waals surface area (Å²) in [6, 6.07) is 7.78. The summed E-state index contributed by atoms with van der Waals surface area (Å²) >= 11 is 0. The fraction of sp³-hybridized carbons (Fsp3) is 0.182. The first kappa shape index (κ1) is 11.3. The number of benzene rings is 1. The summed E-state index contributed by atoms with van der Waals surface area (Å²) in [4.78, 5) is 11.4.